The molecular weight excluding hydrogens is 448 g/mol. The molecule has 186 valence electrons. The van der Waals surface area contributed by atoms with Crippen molar-refractivity contribution in [2.45, 2.75) is 40.2 Å². The summed E-state index contributed by atoms with van der Waals surface area (Å²) < 4.78 is 0. The first kappa shape index (κ1) is 25.1. The molecule has 0 aliphatic carbocycles. The van der Waals surface area contributed by atoms with Crippen molar-refractivity contribution in [2.75, 3.05) is 34.8 Å². The van der Waals surface area contributed by atoms with Crippen LogP contribution >= 0.6 is 0 Å². The molecule has 0 spiro atoms. The number of benzene rings is 2. The van der Waals surface area contributed by atoms with Gasteiger partial charge in [0.25, 0.3) is 5.91 Å². The van der Waals surface area contributed by atoms with Gasteiger partial charge in [0, 0.05) is 41.9 Å². The third-order valence-corrected chi connectivity index (χ3v) is 6.04. The molecule has 36 heavy (non-hydrogen) atoms. The van der Waals surface area contributed by atoms with Gasteiger partial charge in [-0.1, -0.05) is 19.9 Å². The number of aromatic nitrogens is 1. The van der Waals surface area contributed by atoms with Crippen LogP contribution in [0.2, 0.25) is 0 Å². The minimum absolute atomic E-state index is 0.131. The average Bonchev–Trinajstić information content (AvgIpc) is 2.87. The van der Waals surface area contributed by atoms with Crippen molar-refractivity contribution in [3.8, 4) is 0 Å². The van der Waals surface area contributed by atoms with Crippen LogP contribution in [0, 0.1) is 6.92 Å². The van der Waals surface area contributed by atoms with Crippen molar-refractivity contribution < 1.29 is 4.79 Å². The molecule has 7 heteroatoms. The number of amidine groups is 1. The number of hydrogen-bond donors (Lipinski definition) is 1. The van der Waals surface area contributed by atoms with Gasteiger partial charge in [0.15, 0.2) is 5.84 Å². The minimum Gasteiger partial charge on any atom is -0.372 e. The van der Waals surface area contributed by atoms with Crippen molar-refractivity contribution in [2.24, 2.45) is 9.98 Å². The molecule has 1 N–H and O–H groups in total. The predicted molar refractivity (Wildman–Crippen MR) is 150 cm³/mol. The quantitative estimate of drug-likeness (QED) is 0.359. The molecule has 0 saturated heterocycles. The van der Waals surface area contributed by atoms with Gasteiger partial charge < -0.3 is 15.1 Å². The van der Waals surface area contributed by atoms with Crippen molar-refractivity contribution in [1.82, 2.24) is 4.98 Å². The van der Waals surface area contributed by atoms with Crippen molar-refractivity contribution >= 4 is 35.1 Å². The molecule has 0 unspecified atom stereocenters. The Hall–Kier alpha value is -4.00. The SMILES string of the molecule is CCCN(CCC)c1ccc(NC(=O)c2ccc(N(CC3=NC=N3)Cc3ccc(C)cn3)cc2)cc1. The smallest absolute Gasteiger partial charge is 0.255 e. The molecule has 7 nitrogen and oxygen atoms in total. The number of amides is 1. The summed E-state index contributed by atoms with van der Waals surface area (Å²) in [6.07, 6.45) is 5.64. The summed E-state index contributed by atoms with van der Waals surface area (Å²) in [7, 11) is 0. The van der Waals surface area contributed by atoms with Crippen LogP contribution in [-0.2, 0) is 6.54 Å². The number of pyridine rings is 1. The molecule has 1 aromatic heterocycles. The molecule has 1 amide bonds. The lowest BCUT2D eigenvalue weighted by Gasteiger charge is -2.25. The van der Waals surface area contributed by atoms with Crippen LogP contribution in [0.25, 0.3) is 0 Å². The van der Waals surface area contributed by atoms with Gasteiger partial charge in [-0.15, -0.1) is 0 Å². The van der Waals surface area contributed by atoms with Gasteiger partial charge in [0.05, 0.1) is 18.8 Å². The van der Waals surface area contributed by atoms with E-state index >= 15 is 0 Å². The molecule has 0 saturated carbocycles. The zero-order valence-electron chi connectivity index (χ0n) is 21.3. The van der Waals surface area contributed by atoms with E-state index in [0.29, 0.717) is 18.7 Å². The van der Waals surface area contributed by atoms with E-state index in [9.17, 15) is 4.79 Å². The minimum atomic E-state index is -0.131. The highest BCUT2D eigenvalue weighted by atomic mass is 16.1. The number of nitrogens with one attached hydrogen (secondary N) is 1. The Morgan fingerprint density at radius 2 is 1.47 bits per heavy atom. The molecule has 0 fully saturated rings. The molecular formula is C29H34N6O. The van der Waals surface area contributed by atoms with Crippen LogP contribution < -0.4 is 15.1 Å². The number of anilines is 3. The molecule has 2 aromatic carbocycles. The fourth-order valence-electron chi connectivity index (χ4n) is 4.11. The van der Waals surface area contributed by atoms with Gasteiger partial charge in [0.2, 0.25) is 0 Å². The second kappa shape index (κ2) is 12.1. The molecule has 4 rings (SSSR count). The Labute approximate surface area is 213 Å². The maximum absolute atomic E-state index is 12.9. The van der Waals surface area contributed by atoms with E-state index in [-0.39, 0.29) is 5.91 Å². The van der Waals surface area contributed by atoms with Crippen LogP contribution in [0.1, 0.15) is 48.3 Å². The second-order valence-corrected chi connectivity index (χ2v) is 9.01. The fraction of sp³-hybridized carbons (Fsp3) is 0.310. The van der Waals surface area contributed by atoms with E-state index in [1.54, 1.807) is 6.34 Å². The van der Waals surface area contributed by atoms with Gasteiger partial charge in [-0.05, 0) is 79.9 Å². The lowest BCUT2D eigenvalue weighted by molar-refractivity contribution is 0.102. The molecule has 0 radical (unpaired) electrons. The topological polar surface area (TPSA) is 73.2 Å². The molecule has 2 heterocycles. The highest BCUT2D eigenvalue weighted by molar-refractivity contribution is 6.05. The summed E-state index contributed by atoms with van der Waals surface area (Å²) in [6.45, 7) is 9.67. The zero-order valence-corrected chi connectivity index (χ0v) is 21.3. The van der Waals surface area contributed by atoms with Crippen LogP contribution in [0.4, 0.5) is 17.1 Å². The van der Waals surface area contributed by atoms with Crippen LogP contribution in [0.15, 0.2) is 76.8 Å². The first-order valence-electron chi connectivity index (χ1n) is 12.6. The van der Waals surface area contributed by atoms with Crippen LogP contribution in [-0.4, -0.2) is 42.7 Å². The lowest BCUT2D eigenvalue weighted by atomic mass is 10.1. The number of aryl methyl sites for hydroxylation is 1. The van der Waals surface area contributed by atoms with Crippen molar-refractivity contribution in [3.05, 3.63) is 83.7 Å². The van der Waals surface area contributed by atoms with E-state index in [0.717, 1.165) is 54.4 Å². The van der Waals surface area contributed by atoms with Crippen molar-refractivity contribution in [3.63, 3.8) is 0 Å². The largest absolute Gasteiger partial charge is 0.372 e. The highest BCUT2D eigenvalue weighted by Crippen LogP contribution is 2.21. The molecule has 0 atom stereocenters. The number of carbonyl (C=O) groups is 1. The van der Waals surface area contributed by atoms with E-state index in [4.69, 9.17) is 0 Å². The number of carbonyl (C=O) groups excluding carboxylic acids is 1. The van der Waals surface area contributed by atoms with Crippen LogP contribution in [0.5, 0.6) is 0 Å². The normalized spacial score (nSPS) is 12.0. The van der Waals surface area contributed by atoms with E-state index < -0.39 is 0 Å². The zero-order chi connectivity index (χ0) is 25.3. The number of hydrogen-bond acceptors (Lipinski definition) is 6. The third-order valence-electron chi connectivity index (χ3n) is 6.04. The van der Waals surface area contributed by atoms with Crippen molar-refractivity contribution in [1.29, 1.82) is 0 Å². The Morgan fingerprint density at radius 3 is 2.03 bits per heavy atom. The summed E-state index contributed by atoms with van der Waals surface area (Å²) in [6, 6.07) is 19.8. The van der Waals surface area contributed by atoms with Gasteiger partial charge >= 0.3 is 0 Å². The molecule has 0 bridgehead atoms. The van der Waals surface area contributed by atoms with Gasteiger partial charge in [-0.25, -0.2) is 9.98 Å². The summed E-state index contributed by atoms with van der Waals surface area (Å²) in [4.78, 5) is 30.4. The Morgan fingerprint density at radius 1 is 0.833 bits per heavy atom. The Kier molecular flexibility index (Phi) is 8.44. The van der Waals surface area contributed by atoms with E-state index in [1.165, 1.54) is 5.69 Å². The standard InChI is InChI=1S/C29H34N6O/c1-4-16-34(17-5-2)26-14-10-24(11-15-26)33-29(36)23-7-12-27(13-8-23)35(20-28-31-21-32-28)19-25-9-6-22(3)18-30-25/h6-15,18,21H,4-5,16-17,19-20H2,1-3H3,(H,33,36). The maximum atomic E-state index is 12.9. The second-order valence-electron chi connectivity index (χ2n) is 9.01. The number of rotatable bonds is 12. The van der Waals surface area contributed by atoms with E-state index in [1.807, 2.05) is 55.6 Å². The highest BCUT2D eigenvalue weighted by Gasteiger charge is 2.15. The maximum Gasteiger partial charge on any atom is 0.255 e. The molecule has 3 aromatic rings. The molecule has 1 aliphatic rings. The first-order chi connectivity index (χ1) is 17.6. The third kappa shape index (κ3) is 6.56. The lowest BCUT2D eigenvalue weighted by Crippen LogP contribution is -2.30. The van der Waals surface area contributed by atoms with E-state index in [2.05, 4.69) is 62.1 Å². The monoisotopic (exact) mass is 482 g/mol. The summed E-state index contributed by atoms with van der Waals surface area (Å²) in [5.41, 5.74) is 5.65. The van der Waals surface area contributed by atoms with Gasteiger partial charge in [-0.2, -0.15) is 0 Å². The molecule has 1 aliphatic heterocycles. The van der Waals surface area contributed by atoms with Gasteiger partial charge in [0.1, 0.15) is 6.34 Å². The average molecular weight is 483 g/mol. The first-order valence-corrected chi connectivity index (χ1v) is 12.6. The predicted octanol–water partition coefficient (Wildman–Crippen LogP) is 5.72. The fourth-order valence-corrected chi connectivity index (χ4v) is 4.11. The Bertz CT molecular complexity index is 1190. The Balaban J connectivity index is 1.42. The number of nitrogens with zero attached hydrogens (tertiary/aromatic N) is 5. The number of aliphatic imine (C=N–C) groups is 2. The van der Waals surface area contributed by atoms with Crippen LogP contribution in [0.3, 0.4) is 0 Å². The summed E-state index contributed by atoms with van der Waals surface area (Å²) in [5, 5.41) is 3.01. The summed E-state index contributed by atoms with van der Waals surface area (Å²) in [5.74, 6) is 0.650. The van der Waals surface area contributed by atoms with Gasteiger partial charge in [-0.3, -0.25) is 9.78 Å². The summed E-state index contributed by atoms with van der Waals surface area (Å²) >= 11 is 0.